The molecular formula is C15H21ClO2S. The molecule has 1 aliphatic rings. The quantitative estimate of drug-likeness (QED) is 0.756. The lowest BCUT2D eigenvalue weighted by Crippen LogP contribution is -2.13. The van der Waals surface area contributed by atoms with Gasteiger partial charge in [-0.05, 0) is 55.2 Å². The summed E-state index contributed by atoms with van der Waals surface area (Å²) in [4.78, 5) is 0.192. The molecule has 1 fully saturated rings. The summed E-state index contributed by atoms with van der Waals surface area (Å²) < 4.78 is 22.4. The minimum Gasteiger partial charge on any atom is -0.207 e. The van der Waals surface area contributed by atoms with E-state index in [0.29, 0.717) is 5.92 Å². The van der Waals surface area contributed by atoms with Gasteiger partial charge in [0.15, 0.2) is 0 Å². The van der Waals surface area contributed by atoms with Gasteiger partial charge in [0.2, 0.25) is 0 Å². The lowest BCUT2D eigenvalue weighted by molar-refractivity contribution is 0.308. The third-order valence-corrected chi connectivity index (χ3v) is 5.55. The van der Waals surface area contributed by atoms with Crippen molar-refractivity contribution < 1.29 is 8.42 Å². The topological polar surface area (TPSA) is 34.1 Å². The van der Waals surface area contributed by atoms with Crippen LogP contribution in [0.2, 0.25) is 0 Å². The highest BCUT2D eigenvalue weighted by Crippen LogP contribution is 2.37. The smallest absolute Gasteiger partial charge is 0.207 e. The van der Waals surface area contributed by atoms with Crippen LogP contribution in [0.1, 0.15) is 56.9 Å². The fourth-order valence-electron chi connectivity index (χ4n) is 3.10. The molecule has 4 heteroatoms. The molecule has 0 aliphatic heterocycles. The molecule has 0 N–H and O–H groups in total. The summed E-state index contributed by atoms with van der Waals surface area (Å²) in [5.41, 5.74) is 1.25. The molecule has 1 aromatic carbocycles. The molecule has 0 heterocycles. The Hall–Kier alpha value is -0.540. The minimum absolute atomic E-state index is 0.192. The van der Waals surface area contributed by atoms with Gasteiger partial charge in [-0.2, -0.15) is 0 Å². The van der Waals surface area contributed by atoms with Crippen molar-refractivity contribution in [2.45, 2.75) is 56.3 Å². The van der Waals surface area contributed by atoms with Crippen molar-refractivity contribution in [2.75, 3.05) is 0 Å². The molecule has 0 atom stereocenters. The van der Waals surface area contributed by atoms with E-state index in [1.807, 2.05) is 12.1 Å². The van der Waals surface area contributed by atoms with Gasteiger partial charge in [0, 0.05) is 10.7 Å². The molecule has 0 aromatic heterocycles. The van der Waals surface area contributed by atoms with E-state index in [1.54, 1.807) is 12.1 Å². The first kappa shape index (κ1) is 14.9. The Balaban J connectivity index is 2.00. The third kappa shape index (κ3) is 3.96. The molecule has 0 bridgehead atoms. The fourth-order valence-corrected chi connectivity index (χ4v) is 3.87. The Bertz CT molecular complexity index is 499. The van der Waals surface area contributed by atoms with Gasteiger partial charge in [0.25, 0.3) is 9.05 Å². The van der Waals surface area contributed by atoms with Crippen LogP contribution in [-0.2, 0) is 9.05 Å². The number of halogens is 1. The van der Waals surface area contributed by atoms with Gasteiger partial charge in [-0.25, -0.2) is 8.42 Å². The molecule has 0 radical (unpaired) electrons. The summed E-state index contributed by atoms with van der Waals surface area (Å²) in [5, 5.41) is 0. The van der Waals surface area contributed by atoms with Crippen molar-refractivity contribution in [3.63, 3.8) is 0 Å². The molecule has 1 aliphatic carbocycles. The summed E-state index contributed by atoms with van der Waals surface area (Å²) >= 11 is 0. The van der Waals surface area contributed by atoms with Gasteiger partial charge in [-0.15, -0.1) is 0 Å². The monoisotopic (exact) mass is 300 g/mol. The lowest BCUT2D eigenvalue weighted by atomic mass is 9.77. The van der Waals surface area contributed by atoms with Crippen LogP contribution < -0.4 is 0 Å². The normalized spacial score (nSPS) is 24.3. The van der Waals surface area contributed by atoms with Gasteiger partial charge in [-0.1, -0.05) is 31.9 Å². The van der Waals surface area contributed by atoms with E-state index >= 15 is 0 Å². The SMILES string of the molecule is CCCC1CCC(c2ccc(S(=O)(=O)Cl)cc2)CC1. The van der Waals surface area contributed by atoms with Crippen molar-refractivity contribution in [1.29, 1.82) is 0 Å². The first-order valence-corrected chi connectivity index (χ1v) is 9.36. The molecule has 0 amide bonds. The molecule has 2 rings (SSSR count). The molecule has 1 saturated carbocycles. The van der Waals surface area contributed by atoms with E-state index in [0.717, 1.165) is 5.92 Å². The Morgan fingerprint density at radius 2 is 1.68 bits per heavy atom. The van der Waals surface area contributed by atoms with Gasteiger partial charge in [-0.3, -0.25) is 0 Å². The molecule has 0 unspecified atom stereocenters. The van der Waals surface area contributed by atoms with Gasteiger partial charge >= 0.3 is 0 Å². The summed E-state index contributed by atoms with van der Waals surface area (Å²) in [6, 6.07) is 7.08. The zero-order valence-electron chi connectivity index (χ0n) is 11.3. The van der Waals surface area contributed by atoms with E-state index in [2.05, 4.69) is 6.92 Å². The van der Waals surface area contributed by atoms with Crippen LogP contribution in [0.15, 0.2) is 29.2 Å². The van der Waals surface area contributed by atoms with Crippen LogP contribution in [0.3, 0.4) is 0 Å². The highest BCUT2D eigenvalue weighted by molar-refractivity contribution is 8.13. The Morgan fingerprint density at radius 3 is 2.16 bits per heavy atom. The second-order valence-electron chi connectivity index (χ2n) is 5.51. The van der Waals surface area contributed by atoms with Gasteiger partial charge in [0.05, 0.1) is 4.90 Å². The van der Waals surface area contributed by atoms with E-state index < -0.39 is 9.05 Å². The summed E-state index contributed by atoms with van der Waals surface area (Å²) in [6.45, 7) is 2.25. The molecule has 106 valence electrons. The maximum absolute atomic E-state index is 11.2. The molecule has 0 saturated heterocycles. The van der Waals surface area contributed by atoms with Gasteiger partial charge in [0.1, 0.15) is 0 Å². The standard InChI is InChI=1S/C15H21ClO2S/c1-2-3-12-4-6-13(7-5-12)14-8-10-15(11-9-14)19(16,17)18/h8-13H,2-7H2,1H3. The number of hydrogen-bond donors (Lipinski definition) is 0. The fraction of sp³-hybridized carbons (Fsp3) is 0.600. The summed E-state index contributed by atoms with van der Waals surface area (Å²) in [7, 11) is 1.73. The van der Waals surface area contributed by atoms with Gasteiger partial charge < -0.3 is 0 Å². The van der Waals surface area contributed by atoms with E-state index in [-0.39, 0.29) is 4.90 Å². The first-order valence-electron chi connectivity index (χ1n) is 7.05. The molecular weight excluding hydrogens is 280 g/mol. The van der Waals surface area contributed by atoms with Crippen molar-refractivity contribution in [3.8, 4) is 0 Å². The van der Waals surface area contributed by atoms with E-state index in [1.165, 1.54) is 44.1 Å². The predicted molar refractivity (Wildman–Crippen MR) is 79.1 cm³/mol. The second-order valence-corrected chi connectivity index (χ2v) is 8.08. The Labute approximate surface area is 120 Å². The van der Waals surface area contributed by atoms with E-state index in [9.17, 15) is 8.42 Å². The van der Waals surface area contributed by atoms with Crippen molar-refractivity contribution in [3.05, 3.63) is 29.8 Å². The van der Waals surface area contributed by atoms with Crippen molar-refractivity contribution in [1.82, 2.24) is 0 Å². The Kier molecular flexibility index (Phi) is 4.91. The number of benzene rings is 1. The van der Waals surface area contributed by atoms with Crippen LogP contribution in [0.5, 0.6) is 0 Å². The zero-order chi connectivity index (χ0) is 13.9. The molecule has 1 aromatic rings. The highest BCUT2D eigenvalue weighted by Gasteiger charge is 2.22. The van der Waals surface area contributed by atoms with Crippen LogP contribution in [-0.4, -0.2) is 8.42 Å². The van der Waals surface area contributed by atoms with E-state index in [4.69, 9.17) is 10.7 Å². The second kappa shape index (κ2) is 6.27. The molecule has 2 nitrogen and oxygen atoms in total. The van der Waals surface area contributed by atoms with Crippen molar-refractivity contribution in [2.24, 2.45) is 5.92 Å². The predicted octanol–water partition coefficient (Wildman–Crippen LogP) is 4.69. The Morgan fingerprint density at radius 1 is 1.11 bits per heavy atom. The number of rotatable bonds is 4. The molecule has 0 spiro atoms. The largest absolute Gasteiger partial charge is 0.261 e. The lowest BCUT2D eigenvalue weighted by Gasteiger charge is -2.28. The first-order chi connectivity index (χ1) is 9.00. The van der Waals surface area contributed by atoms with Crippen LogP contribution in [0, 0.1) is 5.92 Å². The zero-order valence-corrected chi connectivity index (χ0v) is 12.9. The maximum atomic E-state index is 11.2. The molecule has 19 heavy (non-hydrogen) atoms. The number of hydrogen-bond acceptors (Lipinski definition) is 2. The van der Waals surface area contributed by atoms with Crippen LogP contribution >= 0.6 is 10.7 Å². The summed E-state index contributed by atoms with van der Waals surface area (Å²) in [5.74, 6) is 1.48. The summed E-state index contributed by atoms with van der Waals surface area (Å²) in [6.07, 6.45) is 7.66. The average Bonchev–Trinajstić information content (AvgIpc) is 2.39. The third-order valence-electron chi connectivity index (χ3n) is 4.18. The average molecular weight is 301 g/mol. The van der Waals surface area contributed by atoms with Crippen LogP contribution in [0.25, 0.3) is 0 Å². The van der Waals surface area contributed by atoms with Crippen LogP contribution in [0.4, 0.5) is 0 Å². The minimum atomic E-state index is -3.59. The van der Waals surface area contributed by atoms with Crippen molar-refractivity contribution >= 4 is 19.7 Å². The highest BCUT2D eigenvalue weighted by atomic mass is 35.7. The maximum Gasteiger partial charge on any atom is 0.261 e.